The van der Waals surface area contributed by atoms with E-state index in [1.54, 1.807) is 0 Å². The first kappa shape index (κ1) is 21.5. The molecule has 0 bridgehead atoms. The van der Waals surface area contributed by atoms with Crippen LogP contribution >= 0.6 is 0 Å². The number of benzene rings is 2. The van der Waals surface area contributed by atoms with Crippen molar-refractivity contribution in [3.05, 3.63) is 83.2 Å². The normalized spacial score (nSPS) is 17.1. The third-order valence-electron chi connectivity index (χ3n) is 5.55. The summed E-state index contributed by atoms with van der Waals surface area (Å²) in [5.41, 5.74) is 3.25. The van der Waals surface area contributed by atoms with Gasteiger partial charge in [0.25, 0.3) is 0 Å². The number of aromatic nitrogens is 2. The lowest BCUT2D eigenvalue weighted by Crippen LogP contribution is -2.39. The number of nitrogens with zero attached hydrogens (tertiary/aromatic N) is 3. The van der Waals surface area contributed by atoms with E-state index in [2.05, 4.69) is 34.3 Å². The standard InChI is InChI=1S/C24H27F2N3O2/c1-28-19(10-13-30-20-7-8-21(25)22(26)16-20)15-23(27-28)24-17-29(12-14-31-24)11-9-18-5-3-2-4-6-18/h2-8,15-16,24H,9-14,17H2,1H3/t24-/m1/s1. The molecule has 5 nitrogen and oxygen atoms in total. The smallest absolute Gasteiger partial charge is 0.162 e. The molecule has 1 atom stereocenters. The van der Waals surface area contributed by atoms with E-state index in [1.165, 1.54) is 11.6 Å². The summed E-state index contributed by atoms with van der Waals surface area (Å²) in [6, 6.07) is 16.1. The average Bonchev–Trinajstić information content (AvgIpc) is 3.16. The van der Waals surface area contributed by atoms with Gasteiger partial charge >= 0.3 is 0 Å². The summed E-state index contributed by atoms with van der Waals surface area (Å²) in [5.74, 6) is -1.48. The second-order valence-electron chi connectivity index (χ2n) is 7.75. The Balaban J connectivity index is 1.30. The Hall–Kier alpha value is -2.77. The quantitative estimate of drug-likeness (QED) is 0.546. The fourth-order valence-electron chi connectivity index (χ4n) is 3.78. The maximum Gasteiger partial charge on any atom is 0.162 e. The molecule has 3 aromatic rings. The largest absolute Gasteiger partial charge is 0.493 e. The fraction of sp³-hybridized carbons (Fsp3) is 0.375. The molecule has 1 aromatic heterocycles. The van der Waals surface area contributed by atoms with E-state index >= 15 is 0 Å². The van der Waals surface area contributed by atoms with Crippen molar-refractivity contribution >= 4 is 0 Å². The first-order chi connectivity index (χ1) is 15.1. The summed E-state index contributed by atoms with van der Waals surface area (Å²) in [7, 11) is 1.90. The maximum atomic E-state index is 13.3. The van der Waals surface area contributed by atoms with Crippen LogP contribution in [0.5, 0.6) is 5.75 Å². The van der Waals surface area contributed by atoms with Crippen LogP contribution in [0.1, 0.15) is 23.1 Å². The highest BCUT2D eigenvalue weighted by atomic mass is 19.2. The third kappa shape index (κ3) is 5.68. The minimum absolute atomic E-state index is 0.0587. The van der Waals surface area contributed by atoms with Crippen LogP contribution in [-0.2, 0) is 24.6 Å². The fourth-order valence-corrected chi connectivity index (χ4v) is 3.78. The molecule has 1 aliphatic rings. The monoisotopic (exact) mass is 427 g/mol. The summed E-state index contributed by atoms with van der Waals surface area (Å²) in [4.78, 5) is 2.42. The second kappa shape index (κ2) is 10.0. The highest BCUT2D eigenvalue weighted by molar-refractivity contribution is 5.24. The first-order valence-electron chi connectivity index (χ1n) is 10.6. The van der Waals surface area contributed by atoms with Gasteiger partial charge in [-0.15, -0.1) is 0 Å². The van der Waals surface area contributed by atoms with Crippen molar-refractivity contribution in [2.24, 2.45) is 7.05 Å². The minimum Gasteiger partial charge on any atom is -0.493 e. The van der Waals surface area contributed by atoms with Crippen molar-refractivity contribution in [1.29, 1.82) is 0 Å². The van der Waals surface area contributed by atoms with Crippen LogP contribution in [0.15, 0.2) is 54.6 Å². The summed E-state index contributed by atoms with van der Waals surface area (Å²) >= 11 is 0. The van der Waals surface area contributed by atoms with Gasteiger partial charge in [-0.05, 0) is 30.2 Å². The molecule has 0 aliphatic carbocycles. The Bertz CT molecular complexity index is 994. The molecule has 0 amide bonds. The van der Waals surface area contributed by atoms with E-state index in [0.717, 1.165) is 49.6 Å². The topological polar surface area (TPSA) is 39.5 Å². The zero-order chi connectivity index (χ0) is 21.6. The first-order valence-corrected chi connectivity index (χ1v) is 10.6. The van der Waals surface area contributed by atoms with Crippen LogP contribution in [-0.4, -0.2) is 47.5 Å². The Morgan fingerprint density at radius 3 is 2.71 bits per heavy atom. The van der Waals surface area contributed by atoms with Gasteiger partial charge in [0.15, 0.2) is 11.6 Å². The van der Waals surface area contributed by atoms with Gasteiger partial charge in [0, 0.05) is 44.9 Å². The molecule has 7 heteroatoms. The molecule has 0 saturated carbocycles. The highest BCUT2D eigenvalue weighted by Gasteiger charge is 2.24. The van der Waals surface area contributed by atoms with Gasteiger partial charge in [-0.2, -0.15) is 5.10 Å². The molecule has 0 unspecified atom stereocenters. The van der Waals surface area contributed by atoms with E-state index in [4.69, 9.17) is 9.47 Å². The minimum atomic E-state index is -0.911. The third-order valence-corrected chi connectivity index (χ3v) is 5.55. The zero-order valence-corrected chi connectivity index (χ0v) is 17.6. The highest BCUT2D eigenvalue weighted by Crippen LogP contribution is 2.23. The van der Waals surface area contributed by atoms with Crippen LogP contribution in [0.3, 0.4) is 0 Å². The number of ether oxygens (including phenoxy) is 2. The molecule has 164 valence electrons. The van der Waals surface area contributed by atoms with Crippen LogP contribution < -0.4 is 4.74 Å². The number of hydrogen-bond acceptors (Lipinski definition) is 4. The van der Waals surface area contributed by atoms with Crippen molar-refractivity contribution in [1.82, 2.24) is 14.7 Å². The molecule has 1 saturated heterocycles. The van der Waals surface area contributed by atoms with E-state index in [-0.39, 0.29) is 6.10 Å². The van der Waals surface area contributed by atoms with E-state index < -0.39 is 11.6 Å². The van der Waals surface area contributed by atoms with E-state index in [0.29, 0.717) is 25.4 Å². The van der Waals surface area contributed by atoms with Gasteiger partial charge in [0.05, 0.1) is 18.9 Å². The molecule has 2 aromatic carbocycles. The zero-order valence-electron chi connectivity index (χ0n) is 17.6. The molecule has 4 rings (SSSR count). The predicted molar refractivity (Wildman–Crippen MR) is 114 cm³/mol. The van der Waals surface area contributed by atoms with Gasteiger partial charge in [0.1, 0.15) is 11.9 Å². The van der Waals surface area contributed by atoms with Crippen molar-refractivity contribution in [2.45, 2.75) is 18.9 Å². The molecular formula is C24H27F2N3O2. The van der Waals surface area contributed by atoms with Crippen molar-refractivity contribution < 1.29 is 18.3 Å². The molecule has 0 radical (unpaired) electrons. The summed E-state index contributed by atoms with van der Waals surface area (Å²) in [6.45, 7) is 3.76. The number of halogens is 2. The SMILES string of the molecule is Cn1nc([C@H]2CN(CCc3ccccc3)CCO2)cc1CCOc1ccc(F)c(F)c1. The number of rotatable bonds is 8. The van der Waals surface area contributed by atoms with Crippen molar-refractivity contribution in [3.63, 3.8) is 0 Å². The summed E-state index contributed by atoms with van der Waals surface area (Å²) in [5, 5.41) is 4.64. The molecular weight excluding hydrogens is 400 g/mol. The Labute approximate surface area is 181 Å². The van der Waals surface area contributed by atoms with Crippen LogP contribution in [0.2, 0.25) is 0 Å². The lowest BCUT2D eigenvalue weighted by Gasteiger charge is -2.32. The van der Waals surface area contributed by atoms with Gasteiger partial charge in [0.2, 0.25) is 0 Å². The van der Waals surface area contributed by atoms with Gasteiger partial charge in [-0.3, -0.25) is 9.58 Å². The predicted octanol–water partition coefficient (Wildman–Crippen LogP) is 3.94. The summed E-state index contributed by atoms with van der Waals surface area (Å²) < 4.78 is 39.7. The van der Waals surface area contributed by atoms with Crippen molar-refractivity contribution in [2.75, 3.05) is 32.8 Å². The van der Waals surface area contributed by atoms with Crippen molar-refractivity contribution in [3.8, 4) is 5.75 Å². The molecule has 2 heterocycles. The molecule has 0 N–H and O–H groups in total. The van der Waals surface area contributed by atoms with Crippen LogP contribution in [0.4, 0.5) is 8.78 Å². The number of morpholine rings is 1. The molecule has 0 spiro atoms. The summed E-state index contributed by atoms with van der Waals surface area (Å²) in [6.07, 6.45) is 1.56. The van der Waals surface area contributed by atoms with Crippen LogP contribution in [0.25, 0.3) is 0 Å². The second-order valence-corrected chi connectivity index (χ2v) is 7.75. The number of aryl methyl sites for hydroxylation is 1. The van der Waals surface area contributed by atoms with E-state index in [9.17, 15) is 8.78 Å². The Morgan fingerprint density at radius 2 is 1.90 bits per heavy atom. The molecule has 1 aliphatic heterocycles. The lowest BCUT2D eigenvalue weighted by atomic mass is 10.1. The van der Waals surface area contributed by atoms with Gasteiger partial charge in [-0.25, -0.2) is 8.78 Å². The van der Waals surface area contributed by atoms with E-state index in [1.807, 2.05) is 23.9 Å². The molecule has 1 fully saturated rings. The molecule has 31 heavy (non-hydrogen) atoms. The Morgan fingerprint density at radius 1 is 1.06 bits per heavy atom. The maximum absolute atomic E-state index is 13.3. The van der Waals surface area contributed by atoms with Gasteiger partial charge < -0.3 is 9.47 Å². The average molecular weight is 427 g/mol. The number of hydrogen-bond donors (Lipinski definition) is 0. The lowest BCUT2D eigenvalue weighted by molar-refractivity contribution is -0.0318. The van der Waals surface area contributed by atoms with Crippen LogP contribution in [0, 0.1) is 11.6 Å². The van der Waals surface area contributed by atoms with Gasteiger partial charge in [-0.1, -0.05) is 30.3 Å². The Kier molecular flexibility index (Phi) is 6.94.